The van der Waals surface area contributed by atoms with Gasteiger partial charge in [0.15, 0.2) is 0 Å². The lowest BCUT2D eigenvalue weighted by molar-refractivity contribution is -0.115. The largest absolute Gasteiger partial charge is 0.299 e. The first kappa shape index (κ1) is 16.5. The van der Waals surface area contributed by atoms with Crippen molar-refractivity contribution in [1.82, 2.24) is 14.9 Å². The van der Waals surface area contributed by atoms with Crippen LogP contribution in [-0.4, -0.2) is 31.1 Å². The van der Waals surface area contributed by atoms with Crippen LogP contribution in [0.15, 0.2) is 35.2 Å². The minimum atomic E-state index is -3.70. The summed E-state index contributed by atoms with van der Waals surface area (Å²) in [5, 5.41) is 11.5. The van der Waals surface area contributed by atoms with Crippen molar-refractivity contribution in [2.24, 2.45) is 0 Å². The molecule has 2 aromatic rings. The van der Waals surface area contributed by atoms with Crippen molar-refractivity contribution >= 4 is 32.4 Å². The second-order valence-electron chi connectivity index (χ2n) is 4.79. The molecule has 9 heteroatoms. The summed E-state index contributed by atoms with van der Waals surface area (Å²) in [6.45, 7) is 3.58. The van der Waals surface area contributed by atoms with Crippen LogP contribution < -0.4 is 10.0 Å². The third-order valence-corrected chi connectivity index (χ3v) is 5.21. The van der Waals surface area contributed by atoms with Gasteiger partial charge in [-0.05, 0) is 12.1 Å². The lowest BCUT2D eigenvalue weighted by Gasteiger charge is -2.06. The summed E-state index contributed by atoms with van der Waals surface area (Å²) in [7, 11) is -3.70. The molecule has 1 heterocycles. The van der Waals surface area contributed by atoms with E-state index >= 15 is 0 Å². The molecule has 0 fully saturated rings. The van der Waals surface area contributed by atoms with Gasteiger partial charge < -0.3 is 0 Å². The van der Waals surface area contributed by atoms with E-state index in [1.165, 1.54) is 23.5 Å². The summed E-state index contributed by atoms with van der Waals surface area (Å²) >= 11 is 1.27. The van der Waals surface area contributed by atoms with Crippen molar-refractivity contribution in [3.05, 3.63) is 35.3 Å². The van der Waals surface area contributed by atoms with Crippen molar-refractivity contribution in [3.63, 3.8) is 0 Å². The Balaban J connectivity index is 1.92. The van der Waals surface area contributed by atoms with Crippen LogP contribution in [0.1, 0.15) is 24.8 Å². The van der Waals surface area contributed by atoms with Gasteiger partial charge in [-0.1, -0.05) is 43.4 Å². The summed E-state index contributed by atoms with van der Waals surface area (Å²) in [5.74, 6) is -0.273. The monoisotopic (exact) mass is 340 g/mol. The van der Waals surface area contributed by atoms with Gasteiger partial charge in [-0.25, -0.2) is 13.1 Å². The molecule has 0 aliphatic carbocycles. The van der Waals surface area contributed by atoms with Gasteiger partial charge in [-0.2, -0.15) is 0 Å². The number of carbonyl (C=O) groups excluding carboxylic acids is 1. The molecule has 0 aliphatic rings. The third kappa shape index (κ3) is 4.33. The highest BCUT2D eigenvalue weighted by Crippen LogP contribution is 2.22. The normalized spacial score (nSPS) is 11.6. The third-order valence-electron chi connectivity index (χ3n) is 2.66. The molecule has 1 aromatic heterocycles. The number of carbonyl (C=O) groups is 1. The number of amides is 1. The zero-order valence-electron chi connectivity index (χ0n) is 12.1. The highest BCUT2D eigenvalue weighted by molar-refractivity contribution is 7.89. The number of nitrogens with one attached hydrogen (secondary N) is 2. The summed E-state index contributed by atoms with van der Waals surface area (Å²) in [4.78, 5) is 11.9. The summed E-state index contributed by atoms with van der Waals surface area (Å²) < 4.78 is 26.2. The Bertz CT molecular complexity index is 742. The van der Waals surface area contributed by atoms with E-state index in [-0.39, 0.29) is 17.4 Å². The molecule has 0 atom stereocenters. The zero-order chi connectivity index (χ0) is 16.2. The van der Waals surface area contributed by atoms with Crippen LogP contribution >= 0.6 is 11.3 Å². The molecule has 118 valence electrons. The number of rotatable bonds is 6. The Morgan fingerprint density at radius 3 is 2.50 bits per heavy atom. The first-order valence-corrected chi connectivity index (χ1v) is 8.86. The lowest BCUT2D eigenvalue weighted by Crippen LogP contribution is -2.32. The van der Waals surface area contributed by atoms with Crippen LogP contribution in [-0.2, 0) is 14.8 Å². The Morgan fingerprint density at radius 1 is 1.23 bits per heavy atom. The highest BCUT2D eigenvalue weighted by atomic mass is 32.2. The average Bonchev–Trinajstić information content (AvgIpc) is 2.95. The molecule has 2 rings (SSSR count). The molecule has 0 saturated carbocycles. The predicted octanol–water partition coefficient (Wildman–Crippen LogP) is 1.58. The van der Waals surface area contributed by atoms with E-state index in [0.717, 1.165) is 5.01 Å². The molecule has 0 saturated heterocycles. The number of anilines is 1. The van der Waals surface area contributed by atoms with Crippen LogP contribution in [0.2, 0.25) is 0 Å². The minimum absolute atomic E-state index is 0.112. The molecular formula is C13H16N4O3S2. The molecule has 22 heavy (non-hydrogen) atoms. The minimum Gasteiger partial charge on any atom is -0.299 e. The van der Waals surface area contributed by atoms with Crippen LogP contribution in [0.5, 0.6) is 0 Å². The number of aromatic nitrogens is 2. The standard InChI is InChI=1S/C13H16N4O3S2/c1-9(2)12-16-17-13(21-12)15-11(18)8-14-22(19,20)10-6-4-3-5-7-10/h3-7,9,14H,8H2,1-2H3,(H,15,17,18). The van der Waals surface area contributed by atoms with Crippen LogP contribution in [0.4, 0.5) is 5.13 Å². The average molecular weight is 340 g/mol. The lowest BCUT2D eigenvalue weighted by atomic mass is 10.2. The van der Waals surface area contributed by atoms with E-state index in [1.54, 1.807) is 18.2 Å². The Labute approximate surface area is 132 Å². The van der Waals surface area contributed by atoms with Crippen LogP contribution in [0.3, 0.4) is 0 Å². The first-order chi connectivity index (χ1) is 10.4. The molecule has 0 aliphatic heterocycles. The first-order valence-electron chi connectivity index (χ1n) is 6.56. The van der Waals surface area contributed by atoms with Gasteiger partial charge in [0.1, 0.15) is 5.01 Å². The van der Waals surface area contributed by atoms with Gasteiger partial charge in [0, 0.05) is 5.92 Å². The molecule has 7 nitrogen and oxygen atoms in total. The number of nitrogens with zero attached hydrogens (tertiary/aromatic N) is 2. The Morgan fingerprint density at radius 2 is 1.91 bits per heavy atom. The maximum atomic E-state index is 12.0. The molecule has 1 aromatic carbocycles. The number of benzene rings is 1. The summed E-state index contributed by atoms with van der Waals surface area (Å²) in [5.41, 5.74) is 0. The van der Waals surface area contributed by atoms with E-state index < -0.39 is 15.9 Å². The van der Waals surface area contributed by atoms with Crippen molar-refractivity contribution < 1.29 is 13.2 Å². The van der Waals surface area contributed by atoms with E-state index in [1.807, 2.05) is 13.8 Å². The summed E-state index contributed by atoms with van der Waals surface area (Å²) in [6.07, 6.45) is 0. The highest BCUT2D eigenvalue weighted by Gasteiger charge is 2.16. The van der Waals surface area contributed by atoms with Gasteiger partial charge in [-0.3, -0.25) is 10.1 Å². The van der Waals surface area contributed by atoms with E-state index in [0.29, 0.717) is 5.13 Å². The van der Waals surface area contributed by atoms with Gasteiger partial charge in [0.2, 0.25) is 21.1 Å². The Kier molecular flexibility index (Phi) is 5.22. The van der Waals surface area contributed by atoms with Crippen LogP contribution in [0, 0.1) is 0 Å². The van der Waals surface area contributed by atoms with E-state index in [2.05, 4.69) is 20.2 Å². The number of hydrogen-bond donors (Lipinski definition) is 2. The van der Waals surface area contributed by atoms with Gasteiger partial charge in [0.05, 0.1) is 11.4 Å². The SMILES string of the molecule is CC(C)c1nnc(NC(=O)CNS(=O)(=O)c2ccccc2)s1. The van der Waals surface area contributed by atoms with Gasteiger partial charge >= 0.3 is 0 Å². The molecule has 0 radical (unpaired) electrons. The second-order valence-corrected chi connectivity index (χ2v) is 7.56. The summed E-state index contributed by atoms with van der Waals surface area (Å²) in [6, 6.07) is 7.86. The zero-order valence-corrected chi connectivity index (χ0v) is 13.7. The van der Waals surface area contributed by atoms with Crippen LogP contribution in [0.25, 0.3) is 0 Å². The van der Waals surface area contributed by atoms with Crippen molar-refractivity contribution in [2.45, 2.75) is 24.7 Å². The van der Waals surface area contributed by atoms with Gasteiger partial charge in [-0.15, -0.1) is 10.2 Å². The fourth-order valence-corrected chi connectivity index (χ4v) is 3.29. The maximum absolute atomic E-state index is 12.0. The van der Waals surface area contributed by atoms with Crippen molar-refractivity contribution in [1.29, 1.82) is 0 Å². The second kappa shape index (κ2) is 6.95. The van der Waals surface area contributed by atoms with E-state index in [4.69, 9.17) is 0 Å². The number of hydrogen-bond acceptors (Lipinski definition) is 6. The smallest absolute Gasteiger partial charge is 0.241 e. The van der Waals surface area contributed by atoms with E-state index in [9.17, 15) is 13.2 Å². The quantitative estimate of drug-likeness (QED) is 0.831. The number of sulfonamides is 1. The molecule has 0 unspecified atom stereocenters. The molecule has 0 bridgehead atoms. The van der Waals surface area contributed by atoms with Crippen molar-refractivity contribution in [3.8, 4) is 0 Å². The molecule has 1 amide bonds. The van der Waals surface area contributed by atoms with Crippen molar-refractivity contribution in [2.75, 3.05) is 11.9 Å². The van der Waals surface area contributed by atoms with Gasteiger partial charge in [0.25, 0.3) is 0 Å². The Hall–Kier alpha value is -1.84. The molecule has 0 spiro atoms. The predicted molar refractivity (Wildman–Crippen MR) is 84.3 cm³/mol. The molecule has 2 N–H and O–H groups in total. The maximum Gasteiger partial charge on any atom is 0.241 e. The molecular weight excluding hydrogens is 324 g/mol. The topological polar surface area (TPSA) is 101 Å². The fourth-order valence-electron chi connectivity index (χ4n) is 1.53. The fraction of sp³-hybridized carbons (Fsp3) is 0.308.